The van der Waals surface area contributed by atoms with E-state index in [1.165, 1.54) is 22.7 Å². The van der Waals surface area contributed by atoms with Gasteiger partial charge in [0.1, 0.15) is 5.00 Å². The van der Waals surface area contributed by atoms with E-state index < -0.39 is 11.3 Å². The first-order valence-electron chi connectivity index (χ1n) is 2.58. The molecule has 0 saturated heterocycles. The summed E-state index contributed by atoms with van der Waals surface area (Å²) in [5, 5.41) is 2.56. The molecule has 56 valence electrons. The quantitative estimate of drug-likeness (QED) is 0.630. The Morgan fingerprint density at radius 1 is 1.80 bits per heavy atom. The lowest BCUT2D eigenvalue weighted by Crippen LogP contribution is -2.17. The highest BCUT2D eigenvalue weighted by molar-refractivity contribution is 7.80. The van der Waals surface area contributed by atoms with Crippen LogP contribution in [0.3, 0.4) is 0 Å². The van der Waals surface area contributed by atoms with Crippen LogP contribution in [0.15, 0.2) is 17.5 Å². The lowest BCUT2D eigenvalue weighted by Gasteiger charge is -2.18. The maximum absolute atomic E-state index is 10.3. The maximum atomic E-state index is 10.3. The number of nitrogens with zero attached hydrogens (tertiary/aromatic N) is 1. The summed E-state index contributed by atoms with van der Waals surface area (Å²) < 4.78 is 21.8. The summed E-state index contributed by atoms with van der Waals surface area (Å²) in [5.41, 5.74) is 0. The van der Waals surface area contributed by atoms with Gasteiger partial charge < -0.3 is 4.55 Å². The van der Waals surface area contributed by atoms with Gasteiger partial charge in [0, 0.05) is 18.3 Å². The van der Waals surface area contributed by atoms with E-state index in [2.05, 4.69) is 0 Å². The summed E-state index contributed by atoms with van der Waals surface area (Å²) in [7, 11) is 1.51. The van der Waals surface area contributed by atoms with Crippen molar-refractivity contribution in [2.24, 2.45) is 0 Å². The fraction of sp³-hybridized carbons (Fsp3) is 0.200. The Morgan fingerprint density at radius 3 is 2.90 bits per heavy atom. The largest absolute Gasteiger partial charge is 0.755 e. The van der Waals surface area contributed by atoms with E-state index in [0.29, 0.717) is 0 Å². The first-order chi connectivity index (χ1) is 4.72. The van der Waals surface area contributed by atoms with Gasteiger partial charge in [0.15, 0.2) is 0 Å². The highest BCUT2D eigenvalue weighted by atomic mass is 32.2. The van der Waals surface area contributed by atoms with Gasteiger partial charge in [-0.2, -0.15) is 0 Å². The third-order valence-electron chi connectivity index (χ3n) is 1.04. The van der Waals surface area contributed by atoms with Crippen molar-refractivity contribution in [1.82, 2.24) is 0 Å². The third kappa shape index (κ3) is 1.56. The van der Waals surface area contributed by atoms with Crippen LogP contribution in [0.2, 0.25) is 0 Å². The Hall–Kier alpha value is -0.390. The number of thiophene rings is 1. The van der Waals surface area contributed by atoms with Gasteiger partial charge in [-0.15, -0.1) is 11.3 Å². The van der Waals surface area contributed by atoms with Crippen molar-refractivity contribution >= 4 is 27.6 Å². The molecule has 0 fully saturated rings. The number of hydrogen-bond donors (Lipinski definition) is 0. The van der Waals surface area contributed by atoms with Gasteiger partial charge in [-0.05, 0) is 17.5 Å². The normalized spacial score (nSPS) is 13.0. The maximum Gasteiger partial charge on any atom is 0.102 e. The second-order valence-corrected chi connectivity index (χ2v) is 3.57. The van der Waals surface area contributed by atoms with E-state index in [0.717, 1.165) is 5.00 Å². The van der Waals surface area contributed by atoms with Crippen LogP contribution in [0.1, 0.15) is 0 Å². The topological polar surface area (TPSA) is 43.4 Å². The van der Waals surface area contributed by atoms with Crippen LogP contribution in [0.4, 0.5) is 5.00 Å². The fourth-order valence-electron chi connectivity index (χ4n) is 0.523. The summed E-state index contributed by atoms with van der Waals surface area (Å²) in [4.78, 5) is 0. The fourth-order valence-corrected chi connectivity index (χ4v) is 1.64. The number of rotatable bonds is 2. The molecule has 0 aromatic carbocycles. The van der Waals surface area contributed by atoms with Gasteiger partial charge in [-0.1, -0.05) is 0 Å². The first-order valence-corrected chi connectivity index (χ1v) is 4.49. The molecule has 1 rings (SSSR count). The minimum Gasteiger partial charge on any atom is -0.755 e. The minimum atomic E-state index is -2.15. The van der Waals surface area contributed by atoms with Crippen molar-refractivity contribution in [3.05, 3.63) is 17.5 Å². The molecular weight excluding hydrogens is 170 g/mol. The highest BCUT2D eigenvalue weighted by Gasteiger charge is 1.98. The molecule has 1 heterocycles. The van der Waals surface area contributed by atoms with Crippen LogP contribution in [0.5, 0.6) is 0 Å². The molecule has 1 atom stereocenters. The summed E-state index contributed by atoms with van der Waals surface area (Å²) in [5.74, 6) is 0. The molecule has 1 aromatic heterocycles. The Morgan fingerprint density at radius 2 is 2.50 bits per heavy atom. The van der Waals surface area contributed by atoms with E-state index in [4.69, 9.17) is 0 Å². The molecule has 0 amide bonds. The van der Waals surface area contributed by atoms with Crippen LogP contribution in [-0.2, 0) is 11.3 Å². The Bertz CT molecular complexity index is 222. The van der Waals surface area contributed by atoms with Gasteiger partial charge in [0.05, 0.1) is 0 Å². The molecule has 0 aliphatic heterocycles. The third-order valence-corrected chi connectivity index (χ3v) is 2.74. The molecule has 1 unspecified atom stereocenters. The second-order valence-electron chi connectivity index (χ2n) is 1.67. The second kappa shape index (κ2) is 3.14. The highest BCUT2D eigenvalue weighted by Crippen LogP contribution is 2.19. The predicted molar refractivity (Wildman–Crippen MR) is 41.6 cm³/mol. The predicted octanol–water partition coefficient (Wildman–Crippen LogP) is 0.978. The summed E-state index contributed by atoms with van der Waals surface area (Å²) in [6.07, 6.45) is 0. The van der Waals surface area contributed by atoms with E-state index in [1.807, 2.05) is 11.4 Å². The van der Waals surface area contributed by atoms with E-state index in [9.17, 15) is 8.76 Å². The molecular formula is C5H6NO2S2-. The standard InChI is InChI=1S/C5H7NO2S2/c1-6(10(7)8)5-3-2-4-9-5/h2-4H,1H3,(H,7,8)/p-1. The molecule has 0 aliphatic carbocycles. The van der Waals surface area contributed by atoms with Gasteiger partial charge in [-0.25, -0.2) is 0 Å². The van der Waals surface area contributed by atoms with Crippen LogP contribution in [-0.4, -0.2) is 15.8 Å². The summed E-state index contributed by atoms with van der Waals surface area (Å²) in [6.45, 7) is 0. The van der Waals surface area contributed by atoms with E-state index in [1.54, 1.807) is 6.07 Å². The van der Waals surface area contributed by atoms with Crippen molar-refractivity contribution in [3.8, 4) is 0 Å². The molecule has 5 heteroatoms. The monoisotopic (exact) mass is 176 g/mol. The SMILES string of the molecule is CN(c1cccs1)S(=O)[O-]. The van der Waals surface area contributed by atoms with Crippen LogP contribution < -0.4 is 4.31 Å². The smallest absolute Gasteiger partial charge is 0.102 e. The van der Waals surface area contributed by atoms with E-state index >= 15 is 0 Å². The molecule has 0 N–H and O–H groups in total. The molecule has 3 nitrogen and oxygen atoms in total. The van der Waals surface area contributed by atoms with E-state index in [-0.39, 0.29) is 0 Å². The zero-order valence-electron chi connectivity index (χ0n) is 5.31. The first kappa shape index (κ1) is 7.71. The zero-order chi connectivity index (χ0) is 7.56. The van der Waals surface area contributed by atoms with Gasteiger partial charge in [0.2, 0.25) is 0 Å². The number of anilines is 1. The molecule has 10 heavy (non-hydrogen) atoms. The Kier molecular flexibility index (Phi) is 2.42. The van der Waals surface area contributed by atoms with Crippen molar-refractivity contribution in [3.63, 3.8) is 0 Å². The summed E-state index contributed by atoms with van der Waals surface area (Å²) in [6, 6.07) is 3.56. The van der Waals surface area contributed by atoms with Crippen molar-refractivity contribution in [1.29, 1.82) is 0 Å². The molecule has 0 bridgehead atoms. The van der Waals surface area contributed by atoms with Crippen molar-refractivity contribution in [2.45, 2.75) is 0 Å². The van der Waals surface area contributed by atoms with Crippen molar-refractivity contribution < 1.29 is 8.76 Å². The number of hydrogen-bond acceptors (Lipinski definition) is 3. The van der Waals surface area contributed by atoms with Gasteiger partial charge >= 0.3 is 0 Å². The molecule has 0 aliphatic rings. The van der Waals surface area contributed by atoms with Crippen LogP contribution in [0, 0.1) is 0 Å². The lowest BCUT2D eigenvalue weighted by atomic mass is 10.6. The molecule has 1 aromatic rings. The molecule has 0 saturated carbocycles. The van der Waals surface area contributed by atoms with Crippen LogP contribution in [0.25, 0.3) is 0 Å². The Labute approximate surface area is 65.7 Å². The van der Waals surface area contributed by atoms with Gasteiger partial charge in [-0.3, -0.25) is 8.51 Å². The van der Waals surface area contributed by atoms with Crippen molar-refractivity contribution in [2.75, 3.05) is 11.4 Å². The Balaban J connectivity index is 2.77. The van der Waals surface area contributed by atoms with Gasteiger partial charge in [0.25, 0.3) is 0 Å². The summed E-state index contributed by atoms with van der Waals surface area (Å²) >= 11 is -0.754. The molecule has 0 spiro atoms. The average Bonchev–Trinajstić information content (AvgIpc) is 2.36. The zero-order valence-corrected chi connectivity index (χ0v) is 6.95. The lowest BCUT2D eigenvalue weighted by molar-refractivity contribution is 0.535. The minimum absolute atomic E-state index is 0.730. The average molecular weight is 176 g/mol. The van der Waals surface area contributed by atoms with Crippen LogP contribution >= 0.6 is 11.3 Å². The molecule has 0 radical (unpaired) electrons.